The minimum Gasteiger partial charge on any atom is -0.492 e. The summed E-state index contributed by atoms with van der Waals surface area (Å²) in [6.45, 7) is 1.18. The molecule has 3 aromatic rings. The van der Waals surface area contributed by atoms with Crippen LogP contribution in [0.15, 0.2) is 53.6 Å². The molecular formula is C17H18N4O2S. The van der Waals surface area contributed by atoms with Gasteiger partial charge < -0.3 is 10.1 Å². The Bertz CT molecular complexity index is 756. The van der Waals surface area contributed by atoms with E-state index in [1.165, 1.54) is 5.56 Å². The van der Waals surface area contributed by atoms with E-state index in [1.54, 1.807) is 29.8 Å². The van der Waals surface area contributed by atoms with E-state index in [9.17, 15) is 4.79 Å². The lowest BCUT2D eigenvalue weighted by atomic mass is 10.3. The molecule has 124 valence electrons. The summed E-state index contributed by atoms with van der Waals surface area (Å²) in [5, 5.41) is 11.3. The van der Waals surface area contributed by atoms with Crippen LogP contribution in [-0.2, 0) is 11.3 Å². The van der Waals surface area contributed by atoms with Gasteiger partial charge >= 0.3 is 0 Å². The molecule has 0 atom stereocenters. The number of hydrogen-bond donors (Lipinski definition) is 1. The highest BCUT2D eigenvalue weighted by Gasteiger charge is 2.06. The molecule has 0 spiro atoms. The zero-order chi connectivity index (χ0) is 16.6. The van der Waals surface area contributed by atoms with E-state index in [0.29, 0.717) is 37.6 Å². The molecule has 24 heavy (non-hydrogen) atoms. The third-order valence-corrected chi connectivity index (χ3v) is 4.02. The number of nitrogens with one attached hydrogen (secondary N) is 1. The summed E-state index contributed by atoms with van der Waals surface area (Å²) in [5.74, 6) is 1.22. The predicted octanol–water partition coefficient (Wildman–Crippen LogP) is 3.19. The van der Waals surface area contributed by atoms with Crippen molar-refractivity contribution in [2.24, 2.45) is 0 Å². The molecule has 0 aliphatic heterocycles. The lowest BCUT2D eigenvalue weighted by molar-refractivity contribution is -0.116. The van der Waals surface area contributed by atoms with Crippen LogP contribution in [0.25, 0.3) is 0 Å². The Morgan fingerprint density at radius 1 is 1.33 bits per heavy atom. The van der Waals surface area contributed by atoms with E-state index in [2.05, 4.69) is 26.8 Å². The van der Waals surface area contributed by atoms with E-state index in [0.717, 1.165) is 0 Å². The van der Waals surface area contributed by atoms with E-state index in [4.69, 9.17) is 4.74 Å². The first-order valence-electron chi connectivity index (χ1n) is 7.67. The number of carbonyl (C=O) groups excluding carboxylic acids is 1. The molecule has 0 saturated carbocycles. The van der Waals surface area contributed by atoms with Crippen molar-refractivity contribution in [1.29, 1.82) is 0 Å². The van der Waals surface area contributed by atoms with Gasteiger partial charge in [0.05, 0.1) is 19.3 Å². The van der Waals surface area contributed by atoms with Gasteiger partial charge in [-0.2, -0.15) is 16.4 Å². The third-order valence-electron chi connectivity index (χ3n) is 3.28. The summed E-state index contributed by atoms with van der Waals surface area (Å²) in [7, 11) is 0. The van der Waals surface area contributed by atoms with E-state index < -0.39 is 0 Å². The normalized spacial score (nSPS) is 10.5. The molecule has 6 nitrogen and oxygen atoms in total. The smallest absolute Gasteiger partial charge is 0.225 e. The SMILES string of the molecule is O=C(CCCOc1cccnc1)Nc1ccn(Cc2ccsc2)n1. The highest BCUT2D eigenvalue weighted by atomic mass is 32.1. The molecule has 3 heterocycles. The molecule has 7 heteroatoms. The van der Waals surface area contributed by atoms with Gasteiger partial charge in [-0.1, -0.05) is 0 Å². The van der Waals surface area contributed by atoms with Gasteiger partial charge in [0.25, 0.3) is 0 Å². The first-order valence-corrected chi connectivity index (χ1v) is 8.61. The molecule has 1 amide bonds. The fourth-order valence-electron chi connectivity index (χ4n) is 2.15. The minimum absolute atomic E-state index is 0.0643. The van der Waals surface area contributed by atoms with Crippen molar-refractivity contribution in [2.45, 2.75) is 19.4 Å². The average molecular weight is 342 g/mol. The Balaban J connectivity index is 1.38. The van der Waals surface area contributed by atoms with Crippen molar-refractivity contribution >= 4 is 23.1 Å². The van der Waals surface area contributed by atoms with Crippen LogP contribution in [0, 0.1) is 0 Å². The van der Waals surface area contributed by atoms with E-state index in [-0.39, 0.29) is 5.91 Å². The zero-order valence-electron chi connectivity index (χ0n) is 13.1. The van der Waals surface area contributed by atoms with Crippen molar-refractivity contribution in [1.82, 2.24) is 14.8 Å². The summed E-state index contributed by atoms with van der Waals surface area (Å²) in [6.07, 6.45) is 6.23. The van der Waals surface area contributed by atoms with Crippen LogP contribution in [-0.4, -0.2) is 27.3 Å². The van der Waals surface area contributed by atoms with Gasteiger partial charge in [0.2, 0.25) is 5.91 Å². The second-order valence-electron chi connectivity index (χ2n) is 5.22. The summed E-state index contributed by atoms with van der Waals surface area (Å²) in [4.78, 5) is 15.9. The summed E-state index contributed by atoms with van der Waals surface area (Å²) >= 11 is 1.66. The summed E-state index contributed by atoms with van der Waals surface area (Å²) < 4.78 is 7.32. The van der Waals surface area contributed by atoms with Crippen molar-refractivity contribution in [3.05, 3.63) is 59.2 Å². The molecule has 0 saturated heterocycles. The summed E-state index contributed by atoms with van der Waals surface area (Å²) in [5.41, 5.74) is 1.20. The maximum Gasteiger partial charge on any atom is 0.225 e. The Kier molecular flexibility index (Phi) is 5.57. The molecule has 0 aromatic carbocycles. The predicted molar refractivity (Wildman–Crippen MR) is 93.2 cm³/mol. The Labute approximate surface area is 144 Å². The number of rotatable bonds is 8. The molecule has 0 aliphatic rings. The highest BCUT2D eigenvalue weighted by Crippen LogP contribution is 2.10. The fraction of sp³-hybridized carbons (Fsp3) is 0.235. The molecule has 0 radical (unpaired) electrons. The topological polar surface area (TPSA) is 69.0 Å². The number of anilines is 1. The quantitative estimate of drug-likeness (QED) is 0.638. The van der Waals surface area contributed by atoms with Gasteiger partial charge in [-0.25, -0.2) is 0 Å². The van der Waals surface area contributed by atoms with Crippen LogP contribution < -0.4 is 10.1 Å². The molecule has 0 aliphatic carbocycles. The van der Waals surface area contributed by atoms with Crippen LogP contribution >= 0.6 is 11.3 Å². The van der Waals surface area contributed by atoms with Gasteiger partial charge in [0.1, 0.15) is 5.75 Å². The second kappa shape index (κ2) is 8.26. The Morgan fingerprint density at radius 3 is 3.08 bits per heavy atom. The maximum absolute atomic E-state index is 11.9. The van der Waals surface area contributed by atoms with Crippen molar-refractivity contribution in [3.8, 4) is 5.75 Å². The molecular weight excluding hydrogens is 324 g/mol. The number of amides is 1. The molecule has 3 aromatic heterocycles. The van der Waals surface area contributed by atoms with Gasteiger partial charge in [0.15, 0.2) is 5.82 Å². The number of aromatic nitrogens is 3. The van der Waals surface area contributed by atoms with Gasteiger partial charge in [-0.3, -0.25) is 14.5 Å². The van der Waals surface area contributed by atoms with E-state index in [1.807, 2.05) is 28.4 Å². The van der Waals surface area contributed by atoms with Crippen molar-refractivity contribution in [2.75, 3.05) is 11.9 Å². The standard InChI is InChI=1S/C17H18N4O2S/c22-17(4-2-9-23-15-3-1-7-18-11-15)19-16-5-8-21(20-16)12-14-6-10-24-13-14/h1,3,5-8,10-11,13H,2,4,9,12H2,(H,19,20,22). The molecule has 0 fully saturated rings. The molecule has 0 bridgehead atoms. The van der Waals surface area contributed by atoms with Crippen LogP contribution in [0.3, 0.4) is 0 Å². The number of ether oxygens (including phenoxy) is 1. The first kappa shape index (κ1) is 16.2. The fourth-order valence-corrected chi connectivity index (χ4v) is 2.81. The van der Waals surface area contributed by atoms with E-state index >= 15 is 0 Å². The average Bonchev–Trinajstić information content (AvgIpc) is 3.25. The van der Waals surface area contributed by atoms with Gasteiger partial charge in [-0.05, 0) is 40.9 Å². The van der Waals surface area contributed by atoms with Crippen LogP contribution in [0.1, 0.15) is 18.4 Å². The number of nitrogens with zero attached hydrogens (tertiary/aromatic N) is 3. The number of hydrogen-bond acceptors (Lipinski definition) is 5. The first-order chi connectivity index (χ1) is 11.8. The number of pyridine rings is 1. The molecule has 1 N–H and O–H groups in total. The van der Waals surface area contributed by atoms with Gasteiger partial charge in [0, 0.05) is 24.9 Å². The Hall–Kier alpha value is -2.67. The van der Waals surface area contributed by atoms with Crippen molar-refractivity contribution in [3.63, 3.8) is 0 Å². The monoisotopic (exact) mass is 342 g/mol. The van der Waals surface area contributed by atoms with Gasteiger partial charge in [-0.15, -0.1) is 0 Å². The van der Waals surface area contributed by atoms with Crippen LogP contribution in [0.2, 0.25) is 0 Å². The maximum atomic E-state index is 11.9. The second-order valence-corrected chi connectivity index (χ2v) is 6.00. The lowest BCUT2D eigenvalue weighted by Crippen LogP contribution is -2.13. The Morgan fingerprint density at radius 2 is 2.29 bits per heavy atom. The van der Waals surface area contributed by atoms with Crippen molar-refractivity contribution < 1.29 is 9.53 Å². The highest BCUT2D eigenvalue weighted by molar-refractivity contribution is 7.07. The lowest BCUT2D eigenvalue weighted by Gasteiger charge is -2.05. The van der Waals surface area contributed by atoms with Crippen LogP contribution in [0.4, 0.5) is 5.82 Å². The third kappa shape index (κ3) is 4.92. The minimum atomic E-state index is -0.0643. The number of thiophene rings is 1. The summed E-state index contributed by atoms with van der Waals surface area (Å²) in [6, 6.07) is 7.52. The number of carbonyl (C=O) groups is 1. The molecule has 0 unspecified atom stereocenters. The molecule has 3 rings (SSSR count). The largest absolute Gasteiger partial charge is 0.492 e. The zero-order valence-corrected chi connectivity index (χ0v) is 13.9. The van der Waals surface area contributed by atoms with Crippen LogP contribution in [0.5, 0.6) is 5.75 Å².